The number of hydrogen-bond acceptors (Lipinski definition) is 3. The normalized spacial score (nSPS) is 17.7. The second-order valence-electron chi connectivity index (χ2n) is 3.50. The largest absolute Gasteiger partial charge is 0.480 e. The zero-order chi connectivity index (χ0) is 12.9. The summed E-state index contributed by atoms with van der Waals surface area (Å²) in [7, 11) is 0. The van der Waals surface area contributed by atoms with E-state index in [0.29, 0.717) is 0 Å². The Morgan fingerprint density at radius 1 is 1.50 bits per heavy atom. The summed E-state index contributed by atoms with van der Waals surface area (Å²) in [6.07, 6.45) is -0.375. The van der Waals surface area contributed by atoms with Gasteiger partial charge >= 0.3 is 5.97 Å². The van der Waals surface area contributed by atoms with E-state index in [1.54, 1.807) is 0 Å². The highest BCUT2D eigenvalue weighted by Gasteiger charge is 2.36. The van der Waals surface area contributed by atoms with E-state index in [2.05, 4.69) is 4.99 Å². The first-order chi connectivity index (χ1) is 7.19. The van der Waals surface area contributed by atoms with Crippen molar-refractivity contribution in [2.24, 2.45) is 16.5 Å². The summed E-state index contributed by atoms with van der Waals surface area (Å²) in [6, 6.07) is 0. The van der Waals surface area contributed by atoms with Crippen molar-refractivity contribution in [3.63, 3.8) is 0 Å². The van der Waals surface area contributed by atoms with Crippen LogP contribution in [0, 0.1) is 0 Å². The molecule has 0 radical (unpaired) electrons. The van der Waals surface area contributed by atoms with Crippen LogP contribution in [-0.4, -0.2) is 29.0 Å². The van der Waals surface area contributed by atoms with E-state index in [1.807, 2.05) is 0 Å². The molecule has 5 nitrogen and oxygen atoms in total. The number of rotatable bonds is 5. The lowest BCUT2D eigenvalue weighted by Crippen LogP contribution is -2.46. The first-order valence-electron chi connectivity index (χ1n) is 4.53. The summed E-state index contributed by atoms with van der Waals surface area (Å²) in [4.78, 5) is 14.2. The minimum atomic E-state index is -2.36. The number of carboxylic acids is 1. The van der Waals surface area contributed by atoms with Gasteiger partial charge in [-0.25, -0.2) is 13.6 Å². The van der Waals surface area contributed by atoms with Crippen molar-refractivity contribution < 1.29 is 18.7 Å². The van der Waals surface area contributed by atoms with Crippen LogP contribution < -0.4 is 11.5 Å². The molecule has 0 saturated carbocycles. The number of nitrogens with two attached hydrogens (primary N) is 2. The standard InChI is InChI=1S/C9H15F2N3O2/c1-5(12)14-4-3-6(10)7(11)9(2,13)8(15)16/h3-4,13H2,1-2H3,(H2,12,14)(H,15,16)/b7-6+. The summed E-state index contributed by atoms with van der Waals surface area (Å²) >= 11 is 0. The number of carboxylic acid groups (broad SMARTS) is 1. The highest BCUT2D eigenvalue weighted by molar-refractivity contribution is 5.81. The second-order valence-corrected chi connectivity index (χ2v) is 3.50. The maximum Gasteiger partial charge on any atom is 0.330 e. The molecule has 0 fully saturated rings. The minimum Gasteiger partial charge on any atom is -0.480 e. The molecule has 0 bridgehead atoms. The summed E-state index contributed by atoms with van der Waals surface area (Å²) in [5.41, 5.74) is 7.93. The molecule has 92 valence electrons. The molecule has 0 aromatic rings. The van der Waals surface area contributed by atoms with E-state index in [9.17, 15) is 13.6 Å². The first kappa shape index (κ1) is 14.5. The fourth-order valence-corrected chi connectivity index (χ4v) is 0.816. The van der Waals surface area contributed by atoms with Gasteiger partial charge < -0.3 is 16.6 Å². The van der Waals surface area contributed by atoms with Gasteiger partial charge in [-0.2, -0.15) is 0 Å². The highest BCUT2D eigenvalue weighted by atomic mass is 19.2. The lowest BCUT2D eigenvalue weighted by Gasteiger charge is -2.17. The van der Waals surface area contributed by atoms with Gasteiger partial charge in [-0.05, 0) is 13.8 Å². The van der Waals surface area contributed by atoms with Crippen molar-refractivity contribution in [1.29, 1.82) is 0 Å². The average Bonchev–Trinajstić information content (AvgIpc) is 2.15. The molecule has 16 heavy (non-hydrogen) atoms. The first-order valence-corrected chi connectivity index (χ1v) is 4.53. The molecule has 0 rings (SSSR count). The molecular formula is C9H15F2N3O2. The van der Waals surface area contributed by atoms with Crippen LogP contribution in [0.5, 0.6) is 0 Å². The molecular weight excluding hydrogens is 220 g/mol. The van der Waals surface area contributed by atoms with E-state index in [0.717, 1.165) is 6.92 Å². The van der Waals surface area contributed by atoms with E-state index < -0.39 is 23.2 Å². The quantitative estimate of drug-likeness (QED) is 0.482. The van der Waals surface area contributed by atoms with Gasteiger partial charge in [0.15, 0.2) is 11.4 Å². The highest BCUT2D eigenvalue weighted by Crippen LogP contribution is 2.22. The maximum atomic E-state index is 13.3. The molecule has 0 spiro atoms. The van der Waals surface area contributed by atoms with Crippen LogP contribution in [0.2, 0.25) is 0 Å². The summed E-state index contributed by atoms with van der Waals surface area (Å²) in [5, 5.41) is 8.56. The molecule has 0 heterocycles. The number of aliphatic carboxylic acids is 1. The molecule has 0 aromatic carbocycles. The molecule has 7 heteroatoms. The summed E-state index contributed by atoms with van der Waals surface area (Å²) in [5.74, 6) is -4.12. The van der Waals surface area contributed by atoms with Crippen molar-refractivity contribution in [3.8, 4) is 0 Å². The van der Waals surface area contributed by atoms with Crippen LogP contribution in [0.3, 0.4) is 0 Å². The van der Waals surface area contributed by atoms with Gasteiger partial charge in [0.1, 0.15) is 5.83 Å². The Labute approximate surface area is 91.8 Å². The molecule has 0 aliphatic heterocycles. The topological polar surface area (TPSA) is 102 Å². The van der Waals surface area contributed by atoms with E-state index >= 15 is 0 Å². The predicted molar refractivity (Wildman–Crippen MR) is 56.3 cm³/mol. The van der Waals surface area contributed by atoms with E-state index in [-0.39, 0.29) is 18.8 Å². The zero-order valence-electron chi connectivity index (χ0n) is 9.13. The number of carbonyl (C=O) groups is 1. The lowest BCUT2D eigenvalue weighted by molar-refractivity contribution is -0.141. The van der Waals surface area contributed by atoms with Crippen LogP contribution >= 0.6 is 0 Å². The van der Waals surface area contributed by atoms with Crippen molar-refractivity contribution in [3.05, 3.63) is 11.7 Å². The Kier molecular flexibility index (Phi) is 5.03. The zero-order valence-corrected chi connectivity index (χ0v) is 9.13. The van der Waals surface area contributed by atoms with E-state index in [4.69, 9.17) is 16.6 Å². The smallest absolute Gasteiger partial charge is 0.330 e. The summed E-state index contributed by atoms with van der Waals surface area (Å²) in [6.45, 7) is 2.32. The fraction of sp³-hybridized carbons (Fsp3) is 0.556. The Bertz CT molecular complexity index is 334. The van der Waals surface area contributed by atoms with Crippen molar-refractivity contribution in [2.45, 2.75) is 25.8 Å². The number of hydrogen-bond donors (Lipinski definition) is 3. The predicted octanol–water partition coefficient (Wildman–Crippen LogP) is 0.706. The van der Waals surface area contributed by atoms with Gasteiger partial charge in [0.2, 0.25) is 0 Å². The van der Waals surface area contributed by atoms with Crippen LogP contribution in [0.4, 0.5) is 8.78 Å². The Hall–Kier alpha value is -1.50. The van der Waals surface area contributed by atoms with Crippen molar-refractivity contribution >= 4 is 11.8 Å². The number of amidine groups is 1. The third-order valence-electron chi connectivity index (χ3n) is 1.83. The van der Waals surface area contributed by atoms with Crippen molar-refractivity contribution in [2.75, 3.05) is 6.54 Å². The van der Waals surface area contributed by atoms with Gasteiger partial charge in [-0.3, -0.25) is 4.99 Å². The van der Waals surface area contributed by atoms with Crippen LogP contribution in [0.1, 0.15) is 20.3 Å². The lowest BCUT2D eigenvalue weighted by atomic mass is 10.0. The SMILES string of the molecule is CC(N)=NCC/C(F)=C(\F)C(C)(N)C(=O)O. The van der Waals surface area contributed by atoms with Gasteiger partial charge in [0, 0.05) is 13.0 Å². The van der Waals surface area contributed by atoms with Gasteiger partial charge in [0.25, 0.3) is 0 Å². The van der Waals surface area contributed by atoms with Crippen LogP contribution in [0.25, 0.3) is 0 Å². The van der Waals surface area contributed by atoms with Gasteiger partial charge in [-0.1, -0.05) is 0 Å². The summed E-state index contributed by atoms with van der Waals surface area (Å²) < 4.78 is 26.4. The third kappa shape index (κ3) is 3.93. The molecule has 0 aliphatic rings. The molecule has 0 saturated heterocycles. The number of aliphatic imine (C=N–C) groups is 1. The molecule has 0 aliphatic carbocycles. The number of halogens is 2. The van der Waals surface area contributed by atoms with Gasteiger partial charge in [0.05, 0.1) is 5.84 Å². The molecule has 1 unspecified atom stereocenters. The molecule has 1 atom stereocenters. The van der Waals surface area contributed by atoms with Crippen LogP contribution in [0.15, 0.2) is 16.6 Å². The second kappa shape index (κ2) is 5.55. The molecule has 0 amide bonds. The number of nitrogens with zero attached hydrogens (tertiary/aromatic N) is 1. The fourth-order valence-electron chi connectivity index (χ4n) is 0.816. The van der Waals surface area contributed by atoms with Crippen molar-refractivity contribution in [1.82, 2.24) is 0 Å². The Balaban J connectivity index is 4.71. The third-order valence-corrected chi connectivity index (χ3v) is 1.83. The average molecular weight is 235 g/mol. The van der Waals surface area contributed by atoms with Crippen LogP contribution in [-0.2, 0) is 4.79 Å². The molecule has 5 N–H and O–H groups in total. The Morgan fingerprint density at radius 3 is 2.38 bits per heavy atom. The van der Waals surface area contributed by atoms with Gasteiger partial charge in [-0.15, -0.1) is 0 Å². The Morgan fingerprint density at radius 2 is 2.00 bits per heavy atom. The maximum absolute atomic E-state index is 13.3. The monoisotopic (exact) mass is 235 g/mol. The molecule has 0 aromatic heterocycles. The minimum absolute atomic E-state index is 0.0582. The van der Waals surface area contributed by atoms with E-state index in [1.165, 1.54) is 6.92 Å².